The van der Waals surface area contributed by atoms with Crippen molar-refractivity contribution in [1.82, 2.24) is 0 Å². The van der Waals surface area contributed by atoms with E-state index >= 15 is 0 Å². The first kappa shape index (κ1) is 11.6. The Morgan fingerprint density at radius 1 is 1.40 bits per heavy atom. The van der Waals surface area contributed by atoms with Gasteiger partial charge in [0, 0.05) is 19.9 Å². The van der Waals surface area contributed by atoms with Gasteiger partial charge >= 0.3 is 0 Å². The zero-order valence-corrected chi connectivity index (χ0v) is 9.25. The number of ether oxygens (including phenoxy) is 1. The van der Waals surface area contributed by atoms with Crippen LogP contribution in [-0.2, 0) is 4.79 Å². The van der Waals surface area contributed by atoms with E-state index in [9.17, 15) is 4.79 Å². The van der Waals surface area contributed by atoms with E-state index in [4.69, 9.17) is 4.74 Å². The summed E-state index contributed by atoms with van der Waals surface area (Å²) < 4.78 is 5.52. The lowest BCUT2D eigenvalue weighted by Crippen LogP contribution is -2.06. The molecule has 1 rings (SSSR count). The van der Waals surface area contributed by atoms with Crippen LogP contribution in [0.25, 0.3) is 0 Å². The van der Waals surface area contributed by atoms with Crippen LogP contribution >= 0.6 is 0 Å². The average molecular weight is 207 g/mol. The minimum atomic E-state index is 0.233. The van der Waals surface area contributed by atoms with E-state index in [1.54, 1.807) is 0 Å². The van der Waals surface area contributed by atoms with Crippen molar-refractivity contribution in [3.63, 3.8) is 0 Å². The molecular weight excluding hydrogens is 190 g/mol. The Labute approximate surface area is 90.4 Å². The summed E-state index contributed by atoms with van der Waals surface area (Å²) in [4.78, 5) is 11.1. The Hall–Kier alpha value is -1.51. The minimum absolute atomic E-state index is 0.233. The summed E-state index contributed by atoms with van der Waals surface area (Å²) in [5, 5.41) is 3.04. The SMILES string of the molecule is CCC(=O)CCOc1ccccc1NC. The number of benzene rings is 1. The highest BCUT2D eigenvalue weighted by atomic mass is 16.5. The molecule has 0 radical (unpaired) electrons. The van der Waals surface area contributed by atoms with Crippen LogP contribution in [0.1, 0.15) is 19.8 Å². The van der Waals surface area contributed by atoms with Crippen LogP contribution in [0.15, 0.2) is 24.3 Å². The molecule has 3 nitrogen and oxygen atoms in total. The summed E-state index contributed by atoms with van der Waals surface area (Å²) in [6.07, 6.45) is 1.06. The number of carbonyl (C=O) groups excluding carboxylic acids is 1. The molecule has 0 heterocycles. The van der Waals surface area contributed by atoms with Crippen LogP contribution in [0.2, 0.25) is 0 Å². The van der Waals surface area contributed by atoms with E-state index < -0.39 is 0 Å². The first-order valence-electron chi connectivity index (χ1n) is 5.19. The van der Waals surface area contributed by atoms with Gasteiger partial charge in [0.2, 0.25) is 0 Å². The summed E-state index contributed by atoms with van der Waals surface area (Å²) in [6.45, 7) is 2.31. The number of hydrogen-bond acceptors (Lipinski definition) is 3. The third kappa shape index (κ3) is 3.62. The van der Waals surface area contributed by atoms with Gasteiger partial charge in [-0.15, -0.1) is 0 Å². The minimum Gasteiger partial charge on any atom is -0.491 e. The van der Waals surface area contributed by atoms with Crippen molar-refractivity contribution in [2.75, 3.05) is 19.0 Å². The van der Waals surface area contributed by atoms with Gasteiger partial charge in [-0.05, 0) is 12.1 Å². The number of hydrogen-bond donors (Lipinski definition) is 1. The molecule has 0 aliphatic heterocycles. The van der Waals surface area contributed by atoms with Crippen LogP contribution < -0.4 is 10.1 Å². The highest BCUT2D eigenvalue weighted by molar-refractivity contribution is 5.78. The number of carbonyl (C=O) groups is 1. The van der Waals surface area contributed by atoms with Crippen molar-refractivity contribution in [1.29, 1.82) is 0 Å². The molecule has 0 aromatic heterocycles. The fourth-order valence-electron chi connectivity index (χ4n) is 1.25. The molecule has 1 N–H and O–H groups in total. The second-order valence-electron chi connectivity index (χ2n) is 3.24. The lowest BCUT2D eigenvalue weighted by Gasteiger charge is -2.10. The highest BCUT2D eigenvalue weighted by Gasteiger charge is 2.02. The molecule has 0 amide bonds. The molecule has 1 aromatic rings. The van der Waals surface area contributed by atoms with Gasteiger partial charge in [-0.3, -0.25) is 4.79 Å². The third-order valence-electron chi connectivity index (χ3n) is 2.19. The van der Waals surface area contributed by atoms with Gasteiger partial charge in [-0.25, -0.2) is 0 Å². The van der Waals surface area contributed by atoms with Crippen molar-refractivity contribution in [3.8, 4) is 5.75 Å². The van der Waals surface area contributed by atoms with Crippen LogP contribution in [0.5, 0.6) is 5.75 Å². The third-order valence-corrected chi connectivity index (χ3v) is 2.19. The van der Waals surface area contributed by atoms with Gasteiger partial charge in [-0.1, -0.05) is 19.1 Å². The summed E-state index contributed by atoms with van der Waals surface area (Å²) in [7, 11) is 1.85. The van der Waals surface area contributed by atoms with Crippen LogP contribution in [0.4, 0.5) is 5.69 Å². The van der Waals surface area contributed by atoms with Crippen molar-refractivity contribution in [2.24, 2.45) is 0 Å². The second-order valence-corrected chi connectivity index (χ2v) is 3.24. The zero-order chi connectivity index (χ0) is 11.1. The first-order chi connectivity index (χ1) is 7.27. The number of anilines is 1. The van der Waals surface area contributed by atoms with Crippen LogP contribution in [0, 0.1) is 0 Å². The monoisotopic (exact) mass is 207 g/mol. The summed E-state index contributed by atoms with van der Waals surface area (Å²) >= 11 is 0. The van der Waals surface area contributed by atoms with Crippen LogP contribution in [-0.4, -0.2) is 19.4 Å². The molecule has 0 bridgehead atoms. The summed E-state index contributed by atoms with van der Waals surface area (Å²) in [5.74, 6) is 1.03. The fourth-order valence-corrected chi connectivity index (χ4v) is 1.25. The highest BCUT2D eigenvalue weighted by Crippen LogP contribution is 2.22. The molecule has 0 saturated carbocycles. The van der Waals surface area contributed by atoms with Crippen molar-refractivity contribution in [3.05, 3.63) is 24.3 Å². The predicted molar refractivity (Wildman–Crippen MR) is 61.4 cm³/mol. The molecule has 3 heteroatoms. The molecule has 82 valence electrons. The van der Waals surface area contributed by atoms with Crippen molar-refractivity contribution < 1.29 is 9.53 Å². The Balaban J connectivity index is 2.46. The zero-order valence-electron chi connectivity index (χ0n) is 9.25. The van der Waals surface area contributed by atoms with E-state index in [0.29, 0.717) is 19.4 Å². The Kier molecular flexibility index (Phi) is 4.68. The number of para-hydroxylation sites is 2. The maximum Gasteiger partial charge on any atom is 0.142 e. The van der Waals surface area contributed by atoms with E-state index in [-0.39, 0.29) is 5.78 Å². The van der Waals surface area contributed by atoms with Crippen molar-refractivity contribution in [2.45, 2.75) is 19.8 Å². The molecule has 0 fully saturated rings. The van der Waals surface area contributed by atoms with Gasteiger partial charge < -0.3 is 10.1 Å². The molecule has 1 aromatic carbocycles. The number of ketones is 1. The maximum atomic E-state index is 11.1. The number of rotatable bonds is 6. The maximum absolute atomic E-state index is 11.1. The standard InChI is InChI=1S/C12H17NO2/c1-3-10(14)8-9-15-12-7-5-4-6-11(12)13-2/h4-7,13H,3,8-9H2,1-2H3. The summed E-state index contributed by atoms with van der Waals surface area (Å²) in [6, 6.07) is 7.69. The van der Waals surface area contributed by atoms with E-state index in [1.165, 1.54) is 0 Å². The molecule has 0 aliphatic carbocycles. The predicted octanol–water partition coefficient (Wildman–Crippen LogP) is 2.48. The molecule has 0 atom stereocenters. The Morgan fingerprint density at radius 3 is 2.80 bits per heavy atom. The molecular formula is C12H17NO2. The number of Topliss-reactive ketones (excluding diaryl/α,β-unsaturated/α-hetero) is 1. The normalized spacial score (nSPS) is 9.73. The second kappa shape index (κ2) is 6.06. The fraction of sp³-hybridized carbons (Fsp3) is 0.417. The topological polar surface area (TPSA) is 38.3 Å². The molecule has 0 spiro atoms. The van der Waals surface area contributed by atoms with Crippen molar-refractivity contribution >= 4 is 11.5 Å². The van der Waals surface area contributed by atoms with E-state index in [2.05, 4.69) is 5.32 Å². The molecule has 0 unspecified atom stereocenters. The Morgan fingerprint density at radius 2 is 2.13 bits per heavy atom. The quantitative estimate of drug-likeness (QED) is 0.778. The molecule has 0 saturated heterocycles. The average Bonchev–Trinajstić information content (AvgIpc) is 2.29. The first-order valence-corrected chi connectivity index (χ1v) is 5.19. The molecule has 0 aliphatic rings. The van der Waals surface area contributed by atoms with Gasteiger partial charge in [0.1, 0.15) is 11.5 Å². The van der Waals surface area contributed by atoms with Crippen LogP contribution in [0.3, 0.4) is 0 Å². The summed E-state index contributed by atoms with van der Waals surface area (Å²) in [5.41, 5.74) is 0.946. The van der Waals surface area contributed by atoms with Gasteiger partial charge in [0.05, 0.1) is 12.3 Å². The van der Waals surface area contributed by atoms with Gasteiger partial charge in [0.15, 0.2) is 0 Å². The number of nitrogens with one attached hydrogen (secondary N) is 1. The molecule has 15 heavy (non-hydrogen) atoms. The van der Waals surface area contributed by atoms with Gasteiger partial charge in [0.25, 0.3) is 0 Å². The lowest BCUT2D eigenvalue weighted by molar-refractivity contribution is -0.119. The van der Waals surface area contributed by atoms with E-state index in [0.717, 1.165) is 11.4 Å². The Bertz CT molecular complexity index is 323. The van der Waals surface area contributed by atoms with E-state index in [1.807, 2.05) is 38.2 Å². The van der Waals surface area contributed by atoms with Gasteiger partial charge in [-0.2, -0.15) is 0 Å². The largest absolute Gasteiger partial charge is 0.491 e. The smallest absolute Gasteiger partial charge is 0.142 e. The lowest BCUT2D eigenvalue weighted by atomic mass is 10.2.